The number of anilines is 1. The lowest BCUT2D eigenvalue weighted by Gasteiger charge is -2.41. The monoisotopic (exact) mass is 792 g/mol. The highest BCUT2D eigenvalue weighted by Crippen LogP contribution is 2.60. The summed E-state index contributed by atoms with van der Waals surface area (Å²) in [7, 11) is 1.84. The van der Waals surface area contributed by atoms with Crippen molar-refractivity contribution in [1.82, 2.24) is 4.90 Å². The number of ether oxygens (including phenoxy) is 4. The molecular weight excluding hydrogens is 749 g/mol. The molecule has 0 radical (unpaired) electrons. The topological polar surface area (TPSA) is 162 Å². The van der Waals surface area contributed by atoms with E-state index in [1.165, 1.54) is 18.7 Å². The van der Waals surface area contributed by atoms with Gasteiger partial charge in [-0.15, -0.1) is 0 Å². The third-order valence-electron chi connectivity index (χ3n) is 8.81. The predicted octanol–water partition coefficient (Wildman–Crippen LogP) is 7.33. The van der Waals surface area contributed by atoms with Crippen molar-refractivity contribution in [3.63, 3.8) is 0 Å². The number of azo groups is 1. The number of carbonyl (C=O) groups is 5. The largest absolute Gasteiger partial charge is 0.462 e. The molecule has 4 aromatic rings. The van der Waals surface area contributed by atoms with Crippen LogP contribution in [0.1, 0.15) is 38.8 Å². The Kier molecular flexibility index (Phi) is 14.4. The van der Waals surface area contributed by atoms with Gasteiger partial charge < -0.3 is 29.2 Å². The number of benzene rings is 4. The Labute approximate surface area is 335 Å². The number of rotatable bonds is 16. The molecule has 1 heterocycles. The van der Waals surface area contributed by atoms with E-state index in [1.54, 1.807) is 78.9 Å². The van der Waals surface area contributed by atoms with Gasteiger partial charge in [0.2, 0.25) is 5.91 Å². The van der Waals surface area contributed by atoms with E-state index in [9.17, 15) is 19.2 Å². The molecule has 0 bridgehead atoms. The number of thioether (sulfide) groups is 1. The molecule has 0 aromatic heterocycles. The first-order valence-corrected chi connectivity index (χ1v) is 18.9. The maximum atomic E-state index is 15.4. The van der Waals surface area contributed by atoms with Gasteiger partial charge in [0, 0.05) is 47.0 Å². The van der Waals surface area contributed by atoms with E-state index in [1.807, 2.05) is 54.4 Å². The van der Waals surface area contributed by atoms with Gasteiger partial charge in [0.25, 0.3) is 0 Å². The first-order chi connectivity index (χ1) is 27.4. The summed E-state index contributed by atoms with van der Waals surface area (Å²) in [5.74, 6) is -5.01. The number of amides is 1. The van der Waals surface area contributed by atoms with Crippen LogP contribution in [0, 0.1) is 5.92 Å². The highest BCUT2D eigenvalue weighted by molar-refractivity contribution is 8.04. The van der Waals surface area contributed by atoms with Crippen molar-refractivity contribution in [1.29, 1.82) is 0 Å². The lowest BCUT2D eigenvalue weighted by molar-refractivity contribution is -0.193. The first-order valence-electron chi connectivity index (χ1n) is 18.1. The van der Waals surface area contributed by atoms with Crippen LogP contribution in [0.2, 0.25) is 0 Å². The van der Waals surface area contributed by atoms with Crippen molar-refractivity contribution in [2.24, 2.45) is 16.1 Å². The normalized spacial score (nSPS) is 17.9. The highest BCUT2D eigenvalue weighted by Gasteiger charge is 2.63. The number of esters is 4. The zero-order valence-corrected chi connectivity index (χ0v) is 33.0. The fourth-order valence-corrected chi connectivity index (χ4v) is 8.12. The van der Waals surface area contributed by atoms with Crippen molar-refractivity contribution in [2.75, 3.05) is 19.0 Å². The molecule has 5 rings (SSSR count). The average Bonchev–Trinajstić information content (AvgIpc) is 3.54. The SMILES string of the molecule is CC(=O)OC[C@@H](OC(C)=O)[C@H](OC(C)=O)[C@H](OC(C)=O)[C@@H]1C(N=Nc2ccccc2)=C(N(C)Cc2ccccc2)S[C@]1(C(=O)Nc1ccccc1)c1ccccc1. The molecule has 0 saturated carbocycles. The third kappa shape index (κ3) is 10.7. The van der Waals surface area contributed by atoms with Gasteiger partial charge in [-0.1, -0.05) is 109 Å². The van der Waals surface area contributed by atoms with Gasteiger partial charge in [0.15, 0.2) is 18.3 Å². The summed E-state index contributed by atoms with van der Waals surface area (Å²) in [5, 5.41) is 13.0. The summed E-state index contributed by atoms with van der Waals surface area (Å²) in [5.41, 5.74) is 2.58. The number of nitrogens with one attached hydrogen (secondary N) is 1. The van der Waals surface area contributed by atoms with Crippen molar-refractivity contribution in [3.05, 3.63) is 143 Å². The van der Waals surface area contributed by atoms with Crippen molar-refractivity contribution in [2.45, 2.75) is 57.3 Å². The second-order valence-corrected chi connectivity index (χ2v) is 14.4. The Morgan fingerprint density at radius 3 is 1.81 bits per heavy atom. The van der Waals surface area contributed by atoms with Crippen LogP contribution in [0.25, 0.3) is 0 Å². The molecule has 57 heavy (non-hydrogen) atoms. The summed E-state index contributed by atoms with van der Waals surface area (Å²) in [6.45, 7) is 4.38. The average molecular weight is 793 g/mol. The zero-order chi connectivity index (χ0) is 41.0. The molecule has 5 atom stereocenters. The molecule has 296 valence electrons. The first kappa shape index (κ1) is 41.9. The fraction of sp³-hybridized carbons (Fsp3) is 0.279. The van der Waals surface area contributed by atoms with Crippen molar-refractivity contribution >= 4 is 52.9 Å². The Bertz CT molecular complexity index is 2080. The molecule has 0 saturated heterocycles. The lowest BCUT2D eigenvalue weighted by Crippen LogP contribution is -2.56. The molecule has 1 aliphatic heterocycles. The van der Waals surface area contributed by atoms with Gasteiger partial charge in [-0.05, 0) is 35.4 Å². The van der Waals surface area contributed by atoms with Crippen LogP contribution in [-0.2, 0) is 54.2 Å². The molecule has 13 nitrogen and oxygen atoms in total. The number of carbonyl (C=O) groups excluding carboxylic acids is 5. The van der Waals surface area contributed by atoms with Gasteiger partial charge in [-0.3, -0.25) is 24.0 Å². The predicted molar refractivity (Wildman–Crippen MR) is 213 cm³/mol. The van der Waals surface area contributed by atoms with E-state index in [2.05, 4.69) is 10.4 Å². The summed E-state index contributed by atoms with van der Waals surface area (Å²) >= 11 is 1.17. The van der Waals surface area contributed by atoms with E-state index < -0.39 is 65.4 Å². The van der Waals surface area contributed by atoms with Gasteiger partial charge in [0.1, 0.15) is 17.1 Å². The van der Waals surface area contributed by atoms with Crippen LogP contribution in [-0.4, -0.2) is 66.7 Å². The van der Waals surface area contributed by atoms with Gasteiger partial charge in [-0.2, -0.15) is 10.2 Å². The van der Waals surface area contributed by atoms with E-state index in [-0.39, 0.29) is 5.70 Å². The molecule has 1 N–H and O–H groups in total. The Morgan fingerprint density at radius 1 is 0.702 bits per heavy atom. The van der Waals surface area contributed by atoms with E-state index in [0.29, 0.717) is 28.5 Å². The molecule has 1 amide bonds. The fourth-order valence-electron chi connectivity index (χ4n) is 6.55. The van der Waals surface area contributed by atoms with Crippen LogP contribution >= 0.6 is 11.8 Å². The van der Waals surface area contributed by atoms with Gasteiger partial charge in [0.05, 0.1) is 16.6 Å². The summed E-state index contributed by atoms with van der Waals surface area (Å²) < 4.78 is 21.3. The maximum absolute atomic E-state index is 15.4. The third-order valence-corrected chi connectivity index (χ3v) is 10.5. The van der Waals surface area contributed by atoms with E-state index in [4.69, 9.17) is 24.1 Å². The standard InChI is InChI=1S/C43H44N4O9S/c1-28(48)53-27-36(54-29(2)49)39(55-30(3)50)40(56-31(4)51)37-38(46-45-35-24-16-9-17-25-35)41(47(5)26-32-18-10-6-11-19-32)57-43(37,33-20-12-7-13-21-33)42(52)44-34-22-14-8-15-23-34/h6-25,36-37,39-40H,26-27H2,1-5H3,(H,44,52)/t36-,37+,39+,40-,43-/m1/s1. The van der Waals surface area contributed by atoms with Crippen molar-refractivity contribution in [3.8, 4) is 0 Å². The van der Waals surface area contributed by atoms with Crippen LogP contribution in [0.15, 0.2) is 142 Å². The number of nitrogens with zero attached hydrogens (tertiary/aromatic N) is 3. The summed E-state index contributed by atoms with van der Waals surface area (Å²) in [6.07, 6.45) is -4.77. The Hall–Kier alpha value is -6.28. The second kappa shape index (κ2) is 19.5. The minimum atomic E-state index is -1.75. The quantitative estimate of drug-likeness (QED) is 0.0687. The van der Waals surface area contributed by atoms with Gasteiger partial charge >= 0.3 is 23.9 Å². The molecular formula is C43H44N4O9S. The minimum absolute atomic E-state index is 0.201. The zero-order valence-electron chi connectivity index (χ0n) is 32.2. The molecule has 4 aromatic carbocycles. The van der Waals surface area contributed by atoms with Crippen LogP contribution < -0.4 is 5.32 Å². The molecule has 14 heteroatoms. The summed E-state index contributed by atoms with van der Waals surface area (Å²) in [6, 6.07) is 36.3. The molecule has 1 aliphatic rings. The lowest BCUT2D eigenvalue weighted by atomic mass is 9.76. The number of para-hydroxylation sites is 1. The smallest absolute Gasteiger partial charge is 0.303 e. The van der Waals surface area contributed by atoms with Crippen LogP contribution in [0.5, 0.6) is 0 Å². The molecule has 0 spiro atoms. The van der Waals surface area contributed by atoms with Gasteiger partial charge in [-0.25, -0.2) is 0 Å². The molecule has 0 unspecified atom stereocenters. The maximum Gasteiger partial charge on any atom is 0.303 e. The Balaban J connectivity index is 1.87. The number of hydrogen-bond acceptors (Lipinski definition) is 13. The van der Waals surface area contributed by atoms with Crippen LogP contribution in [0.4, 0.5) is 11.4 Å². The number of hydrogen-bond donors (Lipinski definition) is 1. The van der Waals surface area contributed by atoms with Crippen molar-refractivity contribution < 1.29 is 42.9 Å². The molecule has 0 aliphatic carbocycles. The second-order valence-electron chi connectivity index (χ2n) is 13.2. The van der Waals surface area contributed by atoms with E-state index >= 15 is 4.79 Å². The minimum Gasteiger partial charge on any atom is -0.462 e. The summed E-state index contributed by atoms with van der Waals surface area (Å²) in [4.78, 5) is 68.4. The van der Waals surface area contributed by atoms with E-state index in [0.717, 1.165) is 26.3 Å². The highest BCUT2D eigenvalue weighted by atomic mass is 32.2. The Morgan fingerprint density at radius 2 is 1.25 bits per heavy atom. The molecule has 0 fully saturated rings. The van der Waals surface area contributed by atoms with Crippen LogP contribution in [0.3, 0.4) is 0 Å².